The fourth-order valence-corrected chi connectivity index (χ4v) is 2.66. The fourth-order valence-electron chi connectivity index (χ4n) is 2.04. The number of aliphatic hydroxyl groups is 1. The lowest BCUT2D eigenvalue weighted by molar-refractivity contribution is 0.0935. The van der Waals surface area contributed by atoms with Gasteiger partial charge < -0.3 is 19.9 Å². The van der Waals surface area contributed by atoms with Crippen molar-refractivity contribution in [3.05, 3.63) is 23.3 Å². The smallest absolute Gasteiger partial charge is 0.251 e. The summed E-state index contributed by atoms with van der Waals surface area (Å²) in [6, 6.07) is 3.23. The molecule has 0 saturated heterocycles. The largest absolute Gasteiger partial charge is 0.496 e. The van der Waals surface area contributed by atoms with Gasteiger partial charge in [0, 0.05) is 22.4 Å². The van der Waals surface area contributed by atoms with Gasteiger partial charge in [-0.2, -0.15) is 11.8 Å². The van der Waals surface area contributed by atoms with Gasteiger partial charge in [0.25, 0.3) is 5.91 Å². The first kappa shape index (κ1) is 17.7. The highest BCUT2D eigenvalue weighted by atomic mass is 32.2. The first-order chi connectivity index (χ1) is 9.98. The lowest BCUT2D eigenvalue weighted by Crippen LogP contribution is -2.41. The van der Waals surface area contributed by atoms with Gasteiger partial charge in [-0.05, 0) is 32.2 Å². The summed E-state index contributed by atoms with van der Waals surface area (Å²) in [6.45, 7) is 3.76. The molecule has 5 nitrogen and oxygen atoms in total. The summed E-state index contributed by atoms with van der Waals surface area (Å²) >= 11 is 1.52. The van der Waals surface area contributed by atoms with Crippen LogP contribution in [0.15, 0.2) is 12.1 Å². The molecule has 0 radical (unpaired) electrons. The van der Waals surface area contributed by atoms with E-state index in [0.29, 0.717) is 17.1 Å². The minimum absolute atomic E-state index is 0.0170. The van der Waals surface area contributed by atoms with Crippen LogP contribution in [-0.2, 0) is 0 Å². The Morgan fingerprint density at radius 3 is 2.24 bits per heavy atom. The van der Waals surface area contributed by atoms with Crippen molar-refractivity contribution in [2.24, 2.45) is 0 Å². The van der Waals surface area contributed by atoms with Crippen molar-refractivity contribution in [2.45, 2.75) is 25.1 Å². The van der Waals surface area contributed by atoms with E-state index >= 15 is 0 Å². The van der Waals surface area contributed by atoms with Crippen molar-refractivity contribution in [3.63, 3.8) is 0 Å². The predicted molar refractivity (Wildman–Crippen MR) is 85.6 cm³/mol. The zero-order valence-corrected chi connectivity index (χ0v) is 13.9. The Morgan fingerprint density at radius 2 is 1.86 bits per heavy atom. The highest BCUT2D eigenvalue weighted by Crippen LogP contribution is 2.29. The summed E-state index contributed by atoms with van der Waals surface area (Å²) in [6.07, 6.45) is 1.90. The number of amides is 1. The first-order valence-electron chi connectivity index (χ1n) is 6.65. The zero-order valence-electron chi connectivity index (χ0n) is 13.1. The molecule has 0 unspecified atom stereocenters. The molecule has 0 heterocycles. The van der Waals surface area contributed by atoms with Gasteiger partial charge in [-0.3, -0.25) is 4.79 Å². The van der Waals surface area contributed by atoms with E-state index in [1.54, 1.807) is 26.4 Å². The van der Waals surface area contributed by atoms with Crippen LogP contribution < -0.4 is 14.8 Å². The van der Waals surface area contributed by atoms with Gasteiger partial charge in [-0.25, -0.2) is 0 Å². The molecule has 0 bridgehead atoms. The SMILES string of the molecule is COc1cc(C(=O)N[C@@H](C)[C@@H](CO)SC)cc(OC)c1C. The average molecular weight is 313 g/mol. The number of ether oxygens (including phenoxy) is 2. The minimum atomic E-state index is -0.216. The Bertz CT molecular complexity index is 464. The quantitative estimate of drug-likeness (QED) is 0.804. The van der Waals surface area contributed by atoms with Gasteiger partial charge in [0.2, 0.25) is 0 Å². The lowest BCUT2D eigenvalue weighted by atomic mass is 10.1. The van der Waals surface area contributed by atoms with Gasteiger partial charge in [0.05, 0.1) is 20.8 Å². The van der Waals surface area contributed by atoms with Crippen LogP contribution in [0.5, 0.6) is 11.5 Å². The molecule has 6 heteroatoms. The van der Waals surface area contributed by atoms with Crippen LogP contribution in [0.3, 0.4) is 0 Å². The van der Waals surface area contributed by atoms with E-state index in [1.165, 1.54) is 11.8 Å². The van der Waals surface area contributed by atoms with Crippen LogP contribution in [0.1, 0.15) is 22.8 Å². The molecule has 1 amide bonds. The number of carbonyl (C=O) groups is 1. The van der Waals surface area contributed by atoms with Crippen molar-refractivity contribution in [2.75, 3.05) is 27.1 Å². The standard InChI is InChI=1S/C15H23NO4S/c1-9-12(19-3)6-11(7-13(9)20-4)15(18)16-10(2)14(8-17)21-5/h6-7,10,14,17H,8H2,1-5H3,(H,16,18)/t10-,14+/m0/s1. The topological polar surface area (TPSA) is 67.8 Å². The third kappa shape index (κ3) is 4.28. The molecule has 0 aliphatic heterocycles. The summed E-state index contributed by atoms with van der Waals surface area (Å²) in [5.41, 5.74) is 1.32. The third-order valence-electron chi connectivity index (χ3n) is 3.41. The highest BCUT2D eigenvalue weighted by molar-refractivity contribution is 7.99. The lowest BCUT2D eigenvalue weighted by Gasteiger charge is -2.21. The Hall–Kier alpha value is -1.40. The fraction of sp³-hybridized carbons (Fsp3) is 0.533. The van der Waals surface area contributed by atoms with E-state index in [9.17, 15) is 9.90 Å². The molecule has 2 N–H and O–H groups in total. The maximum absolute atomic E-state index is 12.3. The second kappa shape index (κ2) is 8.14. The third-order valence-corrected chi connectivity index (χ3v) is 4.58. The van der Waals surface area contributed by atoms with Crippen LogP contribution >= 0.6 is 11.8 Å². The molecular formula is C15H23NO4S. The molecule has 1 aromatic carbocycles. The number of carbonyl (C=O) groups excluding carboxylic acids is 1. The minimum Gasteiger partial charge on any atom is -0.496 e. The number of methoxy groups -OCH3 is 2. The molecule has 0 spiro atoms. The summed E-state index contributed by atoms with van der Waals surface area (Å²) in [5.74, 6) is 0.998. The first-order valence-corrected chi connectivity index (χ1v) is 7.94. The van der Waals surface area contributed by atoms with Gasteiger partial charge in [0.15, 0.2) is 0 Å². The highest BCUT2D eigenvalue weighted by Gasteiger charge is 2.20. The van der Waals surface area contributed by atoms with E-state index in [1.807, 2.05) is 20.1 Å². The summed E-state index contributed by atoms with van der Waals surface area (Å²) in [5, 5.41) is 12.1. The van der Waals surface area contributed by atoms with Gasteiger partial charge in [-0.15, -0.1) is 0 Å². The molecule has 0 fully saturated rings. The molecule has 0 aliphatic rings. The Balaban J connectivity index is 2.97. The van der Waals surface area contributed by atoms with E-state index < -0.39 is 0 Å². The Kier molecular flexibility index (Phi) is 6.84. The number of thioether (sulfide) groups is 1. The summed E-state index contributed by atoms with van der Waals surface area (Å²) < 4.78 is 10.5. The van der Waals surface area contributed by atoms with Crippen molar-refractivity contribution in [1.82, 2.24) is 5.32 Å². The van der Waals surface area contributed by atoms with Gasteiger partial charge in [0.1, 0.15) is 11.5 Å². The molecule has 2 atom stereocenters. The number of hydrogen-bond acceptors (Lipinski definition) is 5. The number of nitrogens with one attached hydrogen (secondary N) is 1. The molecule has 0 saturated carbocycles. The molecule has 0 aliphatic carbocycles. The Labute approximate surface area is 130 Å². The van der Waals surface area contributed by atoms with E-state index in [4.69, 9.17) is 9.47 Å². The van der Waals surface area contributed by atoms with Crippen molar-refractivity contribution >= 4 is 17.7 Å². The predicted octanol–water partition coefficient (Wildman–Crippen LogP) is 1.85. The average Bonchev–Trinajstić information content (AvgIpc) is 2.48. The zero-order chi connectivity index (χ0) is 16.0. The molecule has 1 aromatic rings. The molecule has 21 heavy (non-hydrogen) atoms. The monoisotopic (exact) mass is 313 g/mol. The van der Waals surface area contributed by atoms with Gasteiger partial charge >= 0.3 is 0 Å². The number of benzene rings is 1. The normalized spacial score (nSPS) is 13.4. The second-order valence-corrected chi connectivity index (χ2v) is 5.80. The van der Waals surface area contributed by atoms with Crippen LogP contribution in [0, 0.1) is 6.92 Å². The summed E-state index contributed by atoms with van der Waals surface area (Å²) in [7, 11) is 3.11. The maximum Gasteiger partial charge on any atom is 0.251 e. The molecular weight excluding hydrogens is 290 g/mol. The second-order valence-electron chi connectivity index (χ2n) is 4.72. The number of rotatable bonds is 7. The van der Waals surface area contributed by atoms with E-state index in [-0.39, 0.29) is 23.8 Å². The number of aliphatic hydroxyl groups excluding tert-OH is 1. The summed E-state index contributed by atoms with van der Waals surface area (Å²) in [4.78, 5) is 12.3. The van der Waals surface area contributed by atoms with E-state index in [2.05, 4.69) is 5.32 Å². The molecule has 1 rings (SSSR count). The van der Waals surface area contributed by atoms with Crippen molar-refractivity contribution in [1.29, 1.82) is 0 Å². The maximum atomic E-state index is 12.3. The molecule has 0 aromatic heterocycles. The van der Waals surface area contributed by atoms with Crippen LogP contribution in [0.2, 0.25) is 0 Å². The van der Waals surface area contributed by atoms with Crippen LogP contribution in [-0.4, -0.2) is 49.4 Å². The van der Waals surface area contributed by atoms with Crippen molar-refractivity contribution < 1.29 is 19.4 Å². The molecule has 118 valence electrons. The van der Waals surface area contributed by atoms with Crippen LogP contribution in [0.4, 0.5) is 0 Å². The van der Waals surface area contributed by atoms with Gasteiger partial charge in [-0.1, -0.05) is 0 Å². The van der Waals surface area contributed by atoms with Crippen LogP contribution in [0.25, 0.3) is 0 Å². The van der Waals surface area contributed by atoms with E-state index in [0.717, 1.165) is 5.56 Å². The number of hydrogen-bond donors (Lipinski definition) is 2. The Morgan fingerprint density at radius 1 is 1.33 bits per heavy atom. The van der Waals surface area contributed by atoms with Crippen molar-refractivity contribution in [3.8, 4) is 11.5 Å².